The van der Waals surface area contributed by atoms with E-state index in [0.29, 0.717) is 11.8 Å². The van der Waals surface area contributed by atoms with Crippen LogP contribution < -0.4 is 0 Å². The van der Waals surface area contributed by atoms with E-state index in [-0.39, 0.29) is 6.67 Å². The molecule has 0 aromatic rings. The average Bonchev–Trinajstić information content (AvgIpc) is 1.69. The van der Waals surface area contributed by atoms with Crippen LogP contribution in [-0.2, 0) is 0 Å². The first-order valence-corrected chi connectivity index (χ1v) is 3.08. The monoisotopic (exact) mass is 146 g/mol. The van der Waals surface area contributed by atoms with Gasteiger partial charge in [0.15, 0.2) is 0 Å². The van der Waals surface area contributed by atoms with Crippen molar-refractivity contribution in [1.29, 1.82) is 0 Å². The molecule has 0 aliphatic heterocycles. The van der Waals surface area contributed by atoms with Crippen LogP contribution in [0.5, 0.6) is 0 Å². The molecule has 3 heteroatoms. The summed E-state index contributed by atoms with van der Waals surface area (Å²) in [6.07, 6.45) is 0. The summed E-state index contributed by atoms with van der Waals surface area (Å²) in [5.41, 5.74) is 0. The number of hydrogen-bond acceptors (Lipinski definition) is 0. The van der Waals surface area contributed by atoms with Crippen LogP contribution >= 0.6 is 23.2 Å². The Morgan fingerprint density at radius 3 is 1.43 bits per heavy atom. The maximum atomic E-state index is 10.3. The second-order valence-electron chi connectivity index (χ2n) is 0.645. The van der Waals surface area contributed by atoms with Crippen molar-refractivity contribution < 1.29 is 4.39 Å². The van der Waals surface area contributed by atoms with Crippen molar-refractivity contribution in [3.8, 4) is 0 Å². The summed E-state index contributed by atoms with van der Waals surface area (Å²) >= 11 is 10.1. The smallest absolute Gasteiger partial charge is 0.0866 e. The van der Waals surface area contributed by atoms with Gasteiger partial charge in [0.05, 0.1) is 6.67 Å². The molecule has 0 rings (SSSR count). The third-order valence-corrected chi connectivity index (χ3v) is 0.643. The number of halogens is 3. The fraction of sp³-hybridized carbons (Fsp3) is 1.00. The molecule has 0 radical (unpaired) electrons. The van der Waals surface area contributed by atoms with Crippen molar-refractivity contribution in [2.24, 2.45) is 0 Å². The molecule has 46 valence electrons. The topological polar surface area (TPSA) is 0 Å². The number of hydrogen-bond donors (Lipinski definition) is 0. The fourth-order valence-electron chi connectivity index (χ4n) is 0. The van der Waals surface area contributed by atoms with E-state index in [1.54, 1.807) is 0 Å². The van der Waals surface area contributed by atoms with Gasteiger partial charge in [0.25, 0.3) is 0 Å². The highest BCUT2D eigenvalue weighted by atomic mass is 35.5. The summed E-state index contributed by atoms with van der Waals surface area (Å²) in [5, 5.41) is 0. The maximum Gasteiger partial charge on any atom is 0.0866 e. The second kappa shape index (κ2) is 16.0. The highest BCUT2D eigenvalue weighted by Gasteiger charge is 1.61. The zero-order valence-electron chi connectivity index (χ0n) is 4.26. The Bertz CT molecular complexity index is 17.2. The minimum Gasteiger partial charge on any atom is -0.251 e. The van der Waals surface area contributed by atoms with Crippen molar-refractivity contribution in [2.45, 2.75) is 6.92 Å². The fourth-order valence-corrected chi connectivity index (χ4v) is 0. The molecule has 0 unspecified atom stereocenters. The van der Waals surface area contributed by atoms with E-state index < -0.39 is 0 Å². The number of alkyl halides is 3. The van der Waals surface area contributed by atoms with Gasteiger partial charge in [0, 0.05) is 11.8 Å². The highest BCUT2D eigenvalue weighted by Crippen LogP contribution is 1.75. The minimum atomic E-state index is -0.250. The van der Waals surface area contributed by atoms with Crippen molar-refractivity contribution in [3.05, 3.63) is 0 Å². The van der Waals surface area contributed by atoms with Gasteiger partial charge in [-0.1, -0.05) is 0 Å². The molecule has 0 amide bonds. The normalized spacial score (nSPS) is 6.86. The SMILES string of the molecule is CCF.ClCCCl. The zero-order chi connectivity index (χ0) is 6.12. The van der Waals surface area contributed by atoms with Gasteiger partial charge in [0.2, 0.25) is 0 Å². The van der Waals surface area contributed by atoms with Crippen LogP contribution in [0.25, 0.3) is 0 Å². The summed E-state index contributed by atoms with van der Waals surface area (Å²) < 4.78 is 10.3. The zero-order valence-corrected chi connectivity index (χ0v) is 5.77. The Morgan fingerprint density at radius 1 is 1.29 bits per heavy atom. The van der Waals surface area contributed by atoms with Crippen LogP contribution in [0.4, 0.5) is 4.39 Å². The third-order valence-electron chi connectivity index (χ3n) is 0.0714. The van der Waals surface area contributed by atoms with Crippen LogP contribution in [0.2, 0.25) is 0 Å². The molecule has 0 aliphatic rings. The van der Waals surface area contributed by atoms with Crippen molar-refractivity contribution in [1.82, 2.24) is 0 Å². The Labute approximate surface area is 53.6 Å². The molecule has 0 aromatic carbocycles. The van der Waals surface area contributed by atoms with E-state index in [1.165, 1.54) is 6.92 Å². The Hall–Kier alpha value is 0.510. The van der Waals surface area contributed by atoms with Gasteiger partial charge in [-0.3, -0.25) is 4.39 Å². The molecule has 0 atom stereocenters. The molecule has 0 aromatic heterocycles. The quantitative estimate of drug-likeness (QED) is 0.499. The van der Waals surface area contributed by atoms with Gasteiger partial charge in [-0.25, -0.2) is 0 Å². The summed E-state index contributed by atoms with van der Waals surface area (Å²) in [6.45, 7) is 1.21. The van der Waals surface area contributed by atoms with Gasteiger partial charge in [0.1, 0.15) is 0 Å². The maximum absolute atomic E-state index is 10.3. The highest BCUT2D eigenvalue weighted by molar-refractivity contribution is 6.25. The minimum absolute atomic E-state index is 0.250. The Kier molecular flexibility index (Phi) is 24.0. The lowest BCUT2D eigenvalue weighted by Crippen LogP contribution is -1.63. The van der Waals surface area contributed by atoms with Gasteiger partial charge in [-0.05, 0) is 6.92 Å². The van der Waals surface area contributed by atoms with E-state index in [4.69, 9.17) is 23.2 Å². The van der Waals surface area contributed by atoms with Gasteiger partial charge in [-0.2, -0.15) is 0 Å². The van der Waals surface area contributed by atoms with Crippen molar-refractivity contribution in [3.63, 3.8) is 0 Å². The summed E-state index contributed by atoms with van der Waals surface area (Å²) in [4.78, 5) is 0. The molecule has 0 N–H and O–H groups in total. The largest absolute Gasteiger partial charge is 0.251 e. The molecule has 0 nitrogen and oxygen atoms in total. The first-order chi connectivity index (χ1) is 3.33. The lowest BCUT2D eigenvalue weighted by atomic mass is 10.9. The standard InChI is InChI=1S/C2H4Cl2.C2H5F/c3-1-2-4;1-2-3/h1-2H2;2H2,1H3. The van der Waals surface area contributed by atoms with Crippen LogP contribution in [-0.4, -0.2) is 18.4 Å². The van der Waals surface area contributed by atoms with E-state index in [9.17, 15) is 4.39 Å². The van der Waals surface area contributed by atoms with Crippen molar-refractivity contribution in [2.75, 3.05) is 18.4 Å². The van der Waals surface area contributed by atoms with Gasteiger partial charge >= 0.3 is 0 Å². The molecule has 0 fully saturated rings. The predicted octanol–water partition coefficient (Wildman–Crippen LogP) is 2.44. The van der Waals surface area contributed by atoms with E-state index >= 15 is 0 Å². The third kappa shape index (κ3) is 58.1. The van der Waals surface area contributed by atoms with Crippen LogP contribution in [0.1, 0.15) is 6.92 Å². The molecule has 7 heavy (non-hydrogen) atoms. The summed E-state index contributed by atoms with van der Waals surface area (Å²) in [7, 11) is 0. The van der Waals surface area contributed by atoms with Crippen molar-refractivity contribution >= 4 is 23.2 Å². The van der Waals surface area contributed by atoms with Gasteiger partial charge < -0.3 is 0 Å². The second-order valence-corrected chi connectivity index (χ2v) is 1.40. The van der Waals surface area contributed by atoms with Gasteiger partial charge in [-0.15, -0.1) is 23.2 Å². The van der Waals surface area contributed by atoms with E-state index in [2.05, 4.69) is 0 Å². The first-order valence-electron chi connectivity index (χ1n) is 2.01. The predicted molar refractivity (Wildman–Crippen MR) is 33.1 cm³/mol. The Morgan fingerprint density at radius 2 is 1.43 bits per heavy atom. The van der Waals surface area contributed by atoms with Crippen LogP contribution in [0, 0.1) is 0 Å². The lowest BCUT2D eigenvalue weighted by Gasteiger charge is -1.63. The average molecular weight is 147 g/mol. The first kappa shape index (κ1) is 10.5. The molecule has 0 aliphatic carbocycles. The summed E-state index contributed by atoms with van der Waals surface area (Å²) in [5.74, 6) is 1.11. The van der Waals surface area contributed by atoms with Crippen LogP contribution in [0.3, 0.4) is 0 Å². The van der Waals surface area contributed by atoms with E-state index in [1.807, 2.05) is 0 Å². The van der Waals surface area contributed by atoms with E-state index in [0.717, 1.165) is 0 Å². The molecular formula is C4H9Cl2F. The molecule has 0 bridgehead atoms. The molecule has 0 spiro atoms. The molecule has 0 saturated carbocycles. The lowest BCUT2D eigenvalue weighted by molar-refractivity contribution is 0.527. The Balaban J connectivity index is 0. The number of rotatable bonds is 1. The molecular weight excluding hydrogens is 138 g/mol. The summed E-state index contributed by atoms with van der Waals surface area (Å²) in [6, 6.07) is 0. The molecule has 0 saturated heterocycles. The molecule has 0 heterocycles. The van der Waals surface area contributed by atoms with Crippen LogP contribution in [0.15, 0.2) is 0 Å².